The van der Waals surface area contributed by atoms with E-state index in [1.807, 2.05) is 19.1 Å². The van der Waals surface area contributed by atoms with E-state index in [0.717, 1.165) is 10.6 Å². The number of benzene rings is 1. The van der Waals surface area contributed by atoms with Crippen LogP contribution in [0.25, 0.3) is 0 Å². The van der Waals surface area contributed by atoms with Crippen LogP contribution in [0.3, 0.4) is 0 Å². The molecule has 0 aliphatic carbocycles. The number of nitrogens with one attached hydrogen (secondary N) is 3. The van der Waals surface area contributed by atoms with Crippen LogP contribution in [0.4, 0.5) is 5.69 Å². The Kier molecular flexibility index (Phi) is 3.11. The topological polar surface area (TPSA) is 102 Å². The van der Waals surface area contributed by atoms with E-state index in [0.29, 0.717) is 17.0 Å². The SMILES string of the molecule is CC1(c2c[nH]c(=O)c(=O)[nH]2)CSc2cc(C#N)ccc2N1. The molecular weight excluding hydrogens is 288 g/mol. The number of hydrogen-bond acceptors (Lipinski definition) is 5. The van der Waals surface area contributed by atoms with Crippen LogP contribution in [0.1, 0.15) is 18.2 Å². The minimum atomic E-state index is -0.662. The van der Waals surface area contributed by atoms with E-state index in [1.165, 1.54) is 6.20 Å². The molecule has 1 atom stereocenters. The molecule has 0 saturated heterocycles. The largest absolute Gasteiger partial charge is 0.373 e. The Hall–Kier alpha value is -2.46. The van der Waals surface area contributed by atoms with E-state index in [2.05, 4.69) is 21.4 Å². The van der Waals surface area contributed by atoms with Gasteiger partial charge in [0.25, 0.3) is 0 Å². The van der Waals surface area contributed by atoms with Crippen LogP contribution in [-0.4, -0.2) is 15.7 Å². The molecule has 0 fully saturated rings. The summed E-state index contributed by atoms with van der Waals surface area (Å²) in [6.45, 7) is 1.95. The second kappa shape index (κ2) is 4.82. The second-order valence-electron chi connectivity index (χ2n) is 5.05. The van der Waals surface area contributed by atoms with Gasteiger partial charge in [0.2, 0.25) is 0 Å². The summed E-state index contributed by atoms with van der Waals surface area (Å²) >= 11 is 1.60. The maximum absolute atomic E-state index is 11.5. The quantitative estimate of drug-likeness (QED) is 0.690. The fourth-order valence-corrected chi connectivity index (χ4v) is 3.39. The first-order valence-corrected chi connectivity index (χ1v) is 7.28. The summed E-state index contributed by atoms with van der Waals surface area (Å²) in [5.41, 5.74) is 0.310. The van der Waals surface area contributed by atoms with Crippen molar-refractivity contribution in [1.29, 1.82) is 5.26 Å². The number of anilines is 1. The molecule has 2 heterocycles. The highest BCUT2D eigenvalue weighted by atomic mass is 32.2. The lowest BCUT2D eigenvalue weighted by atomic mass is 9.99. The molecule has 7 heteroatoms. The molecule has 106 valence electrons. The minimum Gasteiger partial charge on any atom is -0.373 e. The van der Waals surface area contributed by atoms with Crippen LogP contribution in [0.2, 0.25) is 0 Å². The van der Waals surface area contributed by atoms with Crippen molar-refractivity contribution in [2.45, 2.75) is 17.4 Å². The van der Waals surface area contributed by atoms with Crippen molar-refractivity contribution in [2.24, 2.45) is 0 Å². The minimum absolute atomic E-state index is 0.505. The second-order valence-corrected chi connectivity index (χ2v) is 6.07. The molecule has 1 unspecified atom stereocenters. The van der Waals surface area contributed by atoms with Gasteiger partial charge in [-0.1, -0.05) is 0 Å². The van der Waals surface area contributed by atoms with Crippen molar-refractivity contribution >= 4 is 17.4 Å². The monoisotopic (exact) mass is 300 g/mol. The third-order valence-electron chi connectivity index (χ3n) is 3.43. The number of H-pyrrole nitrogens is 2. The highest BCUT2D eigenvalue weighted by Crippen LogP contribution is 2.41. The van der Waals surface area contributed by atoms with E-state index in [9.17, 15) is 9.59 Å². The van der Waals surface area contributed by atoms with E-state index in [1.54, 1.807) is 17.8 Å². The molecule has 3 N–H and O–H groups in total. The molecule has 1 aliphatic heterocycles. The highest BCUT2D eigenvalue weighted by Gasteiger charge is 2.33. The zero-order valence-corrected chi connectivity index (χ0v) is 12.0. The van der Waals surface area contributed by atoms with Crippen LogP contribution < -0.4 is 16.4 Å². The lowest BCUT2D eigenvalue weighted by molar-refractivity contribution is 0.583. The van der Waals surface area contributed by atoms with Gasteiger partial charge in [-0.3, -0.25) is 9.59 Å². The smallest absolute Gasteiger partial charge is 0.313 e. The van der Waals surface area contributed by atoms with Gasteiger partial charge in [0, 0.05) is 22.5 Å². The summed E-state index contributed by atoms with van der Waals surface area (Å²) in [6.07, 6.45) is 1.52. The first kappa shape index (κ1) is 13.5. The van der Waals surface area contributed by atoms with Gasteiger partial charge >= 0.3 is 11.1 Å². The van der Waals surface area contributed by atoms with E-state index in [-0.39, 0.29) is 0 Å². The maximum Gasteiger partial charge on any atom is 0.313 e. The summed E-state index contributed by atoms with van der Waals surface area (Å²) in [7, 11) is 0. The predicted octanol–water partition coefficient (Wildman–Crippen LogP) is 1.37. The Balaban J connectivity index is 2.01. The van der Waals surface area contributed by atoms with Gasteiger partial charge in [0.15, 0.2) is 0 Å². The summed E-state index contributed by atoms with van der Waals surface area (Å²) in [6, 6.07) is 7.54. The number of rotatable bonds is 1. The lowest BCUT2D eigenvalue weighted by Gasteiger charge is -2.36. The third kappa shape index (κ3) is 2.34. The Morgan fingerprint density at radius 1 is 1.33 bits per heavy atom. The van der Waals surface area contributed by atoms with Crippen LogP contribution >= 0.6 is 11.8 Å². The van der Waals surface area contributed by atoms with Gasteiger partial charge in [0.1, 0.15) is 0 Å². The summed E-state index contributed by atoms with van der Waals surface area (Å²) in [5.74, 6) is 0.664. The van der Waals surface area contributed by atoms with E-state index < -0.39 is 16.7 Å². The summed E-state index contributed by atoms with van der Waals surface area (Å²) < 4.78 is 0. The number of thioether (sulfide) groups is 1. The van der Waals surface area contributed by atoms with Gasteiger partial charge < -0.3 is 15.3 Å². The molecule has 2 aromatic rings. The van der Waals surface area contributed by atoms with Gasteiger partial charge in [0.05, 0.1) is 22.9 Å². The predicted molar refractivity (Wildman–Crippen MR) is 80.5 cm³/mol. The number of hydrogen-bond donors (Lipinski definition) is 3. The van der Waals surface area contributed by atoms with Crippen molar-refractivity contribution in [2.75, 3.05) is 11.1 Å². The fourth-order valence-electron chi connectivity index (χ4n) is 2.23. The molecule has 3 rings (SSSR count). The van der Waals surface area contributed by atoms with Crippen molar-refractivity contribution in [1.82, 2.24) is 9.97 Å². The van der Waals surface area contributed by atoms with Crippen molar-refractivity contribution in [3.63, 3.8) is 0 Å². The Morgan fingerprint density at radius 2 is 2.14 bits per heavy atom. The Bertz CT molecular complexity index is 864. The number of fused-ring (bicyclic) bond motifs is 1. The fraction of sp³-hybridized carbons (Fsp3) is 0.214. The number of aromatic amines is 2. The number of aromatic nitrogens is 2. The molecule has 6 nitrogen and oxygen atoms in total. The molecule has 0 radical (unpaired) electrons. The zero-order chi connectivity index (χ0) is 15.0. The highest BCUT2D eigenvalue weighted by molar-refractivity contribution is 7.99. The van der Waals surface area contributed by atoms with Gasteiger partial charge in [-0.2, -0.15) is 5.26 Å². The molecular formula is C14H12N4O2S. The van der Waals surface area contributed by atoms with E-state index >= 15 is 0 Å². The van der Waals surface area contributed by atoms with Gasteiger partial charge in [-0.25, -0.2) is 0 Å². The Labute approximate surface area is 124 Å². The van der Waals surface area contributed by atoms with Crippen LogP contribution in [0.15, 0.2) is 38.9 Å². The number of nitrogens with zero attached hydrogens (tertiary/aromatic N) is 1. The maximum atomic E-state index is 11.5. The summed E-state index contributed by atoms with van der Waals surface area (Å²) in [5, 5.41) is 12.3. The van der Waals surface area contributed by atoms with Crippen molar-refractivity contribution < 1.29 is 0 Å². The molecule has 21 heavy (non-hydrogen) atoms. The molecule has 0 amide bonds. The van der Waals surface area contributed by atoms with Crippen LogP contribution in [0.5, 0.6) is 0 Å². The molecule has 0 spiro atoms. The molecule has 1 aliphatic rings. The normalized spacial score (nSPS) is 20.2. The zero-order valence-electron chi connectivity index (χ0n) is 11.2. The molecule has 0 saturated carbocycles. The first-order chi connectivity index (χ1) is 10.0. The molecule has 0 bridgehead atoms. The number of nitriles is 1. The van der Waals surface area contributed by atoms with Crippen LogP contribution in [-0.2, 0) is 5.54 Å². The van der Waals surface area contributed by atoms with E-state index in [4.69, 9.17) is 5.26 Å². The standard InChI is InChI=1S/C14H12N4O2S/c1-14(11-6-16-12(19)13(20)17-11)7-21-10-4-8(5-15)2-3-9(10)18-14/h2-4,6,18H,7H2,1H3,(H,16,19)(H,17,20). The average molecular weight is 300 g/mol. The van der Waals surface area contributed by atoms with Crippen molar-refractivity contribution in [3.05, 3.63) is 56.4 Å². The van der Waals surface area contributed by atoms with Gasteiger partial charge in [-0.15, -0.1) is 11.8 Å². The molecule has 1 aromatic heterocycles. The molecule has 1 aromatic carbocycles. The summed E-state index contributed by atoms with van der Waals surface area (Å²) in [4.78, 5) is 28.7. The van der Waals surface area contributed by atoms with Gasteiger partial charge in [-0.05, 0) is 25.1 Å². The Morgan fingerprint density at radius 3 is 2.86 bits per heavy atom. The van der Waals surface area contributed by atoms with Crippen LogP contribution in [0, 0.1) is 11.3 Å². The lowest BCUT2D eigenvalue weighted by Crippen LogP contribution is -2.42. The first-order valence-electron chi connectivity index (χ1n) is 6.29. The third-order valence-corrected chi connectivity index (χ3v) is 4.80. The average Bonchev–Trinajstić information content (AvgIpc) is 2.49. The van der Waals surface area contributed by atoms with Crippen molar-refractivity contribution in [3.8, 4) is 6.07 Å².